The van der Waals surface area contributed by atoms with Crippen molar-refractivity contribution in [1.29, 1.82) is 0 Å². The van der Waals surface area contributed by atoms with Gasteiger partial charge in [0.25, 0.3) is 0 Å². The number of nitrogens with one attached hydrogen (secondary N) is 4. The van der Waals surface area contributed by atoms with Gasteiger partial charge in [0.05, 0.1) is 24.7 Å². The number of aliphatic hydroxyl groups excluding tert-OH is 1. The van der Waals surface area contributed by atoms with Crippen LogP contribution in [0.5, 0.6) is 34.5 Å². The highest BCUT2D eigenvalue weighted by Crippen LogP contribution is 2.38. The lowest BCUT2D eigenvalue weighted by molar-refractivity contribution is 0.100. The molecule has 0 unspecified atom stereocenters. The Morgan fingerprint density at radius 3 is 0.856 bits per heavy atom. The number of phenolic OH excluding ortho intramolecular Hbond substituents is 1. The summed E-state index contributed by atoms with van der Waals surface area (Å²) in [6, 6.07) is 29.5. The van der Waals surface area contributed by atoms with E-state index in [0.717, 1.165) is 190 Å². The molecule has 716 valence electrons. The van der Waals surface area contributed by atoms with Crippen LogP contribution in [0.4, 0.5) is 0 Å². The molecule has 0 bridgehead atoms. The summed E-state index contributed by atoms with van der Waals surface area (Å²) >= 11 is 6.86. The number of rotatable bonds is 66. The molecule has 4 rings (SSSR count). The van der Waals surface area contributed by atoms with Gasteiger partial charge in [0.1, 0.15) is 60.9 Å². The number of benzene rings is 4. The molecule has 4 aromatic carbocycles. The Morgan fingerprint density at radius 1 is 0.344 bits per heavy atom. The van der Waals surface area contributed by atoms with Crippen LogP contribution in [0.15, 0.2) is 106 Å². The molecule has 5 atom stereocenters. The molecule has 0 radical (unpaired) electrons. The lowest BCUT2D eigenvalue weighted by atomic mass is 9.82. The number of halogens is 2. The molecule has 125 heavy (non-hydrogen) atoms. The monoisotopic (exact) mass is 1910 g/mol. The van der Waals surface area contributed by atoms with Crippen LogP contribution in [-0.4, -0.2) is 406 Å². The van der Waals surface area contributed by atoms with E-state index in [-0.39, 0.29) is 36.2 Å². The van der Waals surface area contributed by atoms with Crippen molar-refractivity contribution in [2.75, 3.05) is 229 Å². The third-order valence-electron chi connectivity index (χ3n) is 21.7. The van der Waals surface area contributed by atoms with Gasteiger partial charge in [-0.05, 0) is 249 Å². The van der Waals surface area contributed by atoms with Gasteiger partial charge in [0, 0.05) is 106 Å². The van der Waals surface area contributed by atoms with Gasteiger partial charge in [-0.15, -0.1) is 0 Å². The van der Waals surface area contributed by atoms with Crippen molar-refractivity contribution < 1.29 is 78.2 Å². The largest absolute Gasteiger partial charge is 0.524 e. The minimum absolute atomic E-state index is 0.115. The zero-order valence-electron chi connectivity index (χ0n) is 80.4. The van der Waals surface area contributed by atoms with Crippen LogP contribution in [-0.2, 0) is 4.57 Å². The highest BCUT2D eigenvalue weighted by atomic mass is 79.9. The number of phosphoric ester groups is 1. The first kappa shape index (κ1) is 121. The first-order valence-electron chi connectivity index (χ1n) is 45.9. The van der Waals surface area contributed by atoms with Crippen LogP contribution in [0.3, 0.4) is 0 Å². The fraction of sp³-hybridized carbons (Fsp3) is 0.718. The maximum absolute atomic E-state index is 10.9. The number of phosphoric acid groups is 1. The molecule has 0 aromatic heterocycles. The number of aliphatic hydroxyl groups is 1. The molecule has 4 aromatic rings. The zero-order chi connectivity index (χ0) is 94.2. The van der Waals surface area contributed by atoms with E-state index in [9.17, 15) is 39.9 Å². The average Bonchev–Trinajstić information content (AvgIpc) is 0.889. The Bertz CT molecular complexity index is 3100. The Kier molecular flexibility index (Phi) is 71.6. The second kappa shape index (κ2) is 73.8. The van der Waals surface area contributed by atoms with E-state index in [1.165, 1.54) is 12.1 Å². The predicted molar refractivity (Wildman–Crippen MR) is 530 cm³/mol. The molecular weight excluding hydrogens is 1740 g/mol. The summed E-state index contributed by atoms with van der Waals surface area (Å²) in [4.78, 5) is 43.7. The molecule has 0 amide bonds. The second-order valence-electron chi connectivity index (χ2n) is 30.9. The maximum atomic E-state index is 10.9. The van der Waals surface area contributed by atoms with Crippen LogP contribution in [0.1, 0.15) is 104 Å². The number of nitrogens with zero attached hydrogens (tertiary/aromatic N) is 11. The molecule has 0 saturated heterocycles. The summed E-state index contributed by atoms with van der Waals surface area (Å²) in [6.07, 6.45) is 0. The van der Waals surface area contributed by atoms with Crippen molar-refractivity contribution >= 4 is 82.0 Å². The Morgan fingerprint density at radius 2 is 0.600 bits per heavy atom. The van der Waals surface area contributed by atoms with Crippen molar-refractivity contribution in [2.45, 2.75) is 175 Å². The summed E-state index contributed by atoms with van der Waals surface area (Å²) in [5, 5.41) is 87.0. The number of likely N-dealkylation sites (N-methyl/N-ethyl adjacent to an activating group) is 9. The average molecular weight is 1910 g/mol. The van der Waals surface area contributed by atoms with Crippen LogP contribution >= 0.6 is 39.7 Å². The molecule has 0 aliphatic rings. The minimum atomic E-state index is -4.55. The minimum Gasteiger partial charge on any atom is -0.508 e. The molecule has 0 saturated carbocycles. The zero-order valence-corrected chi connectivity index (χ0v) is 84.4. The lowest BCUT2D eigenvalue weighted by Gasteiger charge is -2.34. The van der Waals surface area contributed by atoms with Crippen molar-refractivity contribution in [3.8, 4) is 34.5 Å². The van der Waals surface area contributed by atoms with Crippen molar-refractivity contribution in [3.63, 3.8) is 0 Å². The normalized spacial score (nSPS) is 12.8. The first-order chi connectivity index (χ1) is 59.5. The quantitative estimate of drug-likeness (QED) is 0.0151. The van der Waals surface area contributed by atoms with E-state index in [1.807, 2.05) is 65.5 Å². The standard InChI is InChI=1S/C21H38BrN3O.C21H40N3O5P.C21H39N3O2.C14H27B3BrN3O4.C8H24B3N3O4/c1-6-23(7-2)15-16-24(8-3)17-20(25(9-4)10-5)18-26-21-13-11-19(22)12-14-21;1-6-22(7-2)15-16-23(8-3)17-19(24(9-4)10-5)18-28-20-11-13-21(14-12-20)29-30(25,26)27;1-6-22(7-2)15-16-23(8-3)17-19(24(9-4)10-5)18-26-21-13-11-20(25)12-14-21;1-15(22)19-8-9-21(17(3)24)10-13(20-16(2)23)11-25-14-6-4-12(18)5-7-14;1-9(16)12-4-5-14(11(3)18)6-8(7-15)13-10(2)17/h11-14,20H,6-10,15-18H2,1-5H3;11-14,19H,6-10,15-18H2,1-5H3,(H2,25,26,27);11-14,19,25H,6-10,15-18H2,1-5H3;4-7,13,19-20,22-24H,8-11H2,1-3H3;8,12-13,15-18H,4-7H2,1-3H3/t20-;2*19-;13-;8-/m11111/s1. The molecule has 31 nitrogen and oxygen atoms in total. The summed E-state index contributed by atoms with van der Waals surface area (Å²) in [5.74, 6) is 3.52. The van der Waals surface area contributed by atoms with E-state index in [4.69, 9.17) is 33.8 Å². The Balaban J connectivity index is 0.00000155. The summed E-state index contributed by atoms with van der Waals surface area (Å²) in [7, 11) is -8.45. The van der Waals surface area contributed by atoms with E-state index < -0.39 is 50.1 Å². The van der Waals surface area contributed by atoms with Gasteiger partial charge in [-0.2, -0.15) is 0 Å². The Labute approximate surface area is 775 Å². The third-order valence-corrected chi connectivity index (χ3v) is 23.2. The molecule has 40 heteroatoms. The van der Waals surface area contributed by atoms with Crippen LogP contribution in [0, 0.1) is 0 Å². The smallest absolute Gasteiger partial charge is 0.508 e. The number of phenols is 1. The molecule has 0 aliphatic heterocycles. The SMILES string of the molecule is CB(O)NCCN(C[C@H](CO)NB(C)O)B(C)O.CB(O)NCCN(C[C@H](COc1ccc(Br)cc1)NB(C)O)B(C)O.CCN(CC)CCN(CC)C[C@H](COc1ccc(Br)cc1)N(CC)CC.CCN(CC)CCN(CC)C[C@H](COc1ccc(O)cc1)N(CC)CC.CCN(CC)CCN(CC)C[C@H](COc1ccc(OP(=O)(O)O)cc1)N(CC)CC. The van der Waals surface area contributed by atoms with Crippen molar-refractivity contribution in [1.82, 2.24) is 74.6 Å². The maximum Gasteiger partial charge on any atom is 0.524 e. The van der Waals surface area contributed by atoms with E-state index in [2.05, 4.69) is 205 Å². The third kappa shape index (κ3) is 59.4. The number of aromatic hydroxyl groups is 1. The second-order valence-corrected chi connectivity index (χ2v) is 33.9. The predicted octanol–water partition coefficient (Wildman–Crippen LogP) is 7.43. The number of ether oxygens (including phenoxy) is 4. The van der Waals surface area contributed by atoms with Gasteiger partial charge in [-0.3, -0.25) is 24.5 Å². The fourth-order valence-corrected chi connectivity index (χ4v) is 14.8. The fourth-order valence-electron chi connectivity index (χ4n) is 13.9. The molecule has 14 N–H and O–H groups in total. The first-order valence-corrected chi connectivity index (χ1v) is 49.0. The van der Waals surface area contributed by atoms with Crippen molar-refractivity contribution in [3.05, 3.63) is 106 Å². The number of hydrogen-bond acceptors (Lipinski definition) is 29. The van der Waals surface area contributed by atoms with Gasteiger partial charge < -0.3 is 124 Å². The summed E-state index contributed by atoms with van der Waals surface area (Å²) < 4.78 is 41.5. The van der Waals surface area contributed by atoms with Crippen LogP contribution in [0.2, 0.25) is 40.9 Å². The summed E-state index contributed by atoms with van der Waals surface area (Å²) in [5.41, 5.74) is 0. The van der Waals surface area contributed by atoms with E-state index >= 15 is 0 Å². The van der Waals surface area contributed by atoms with Gasteiger partial charge in [-0.25, -0.2) is 4.57 Å². The molecule has 0 fully saturated rings. The van der Waals surface area contributed by atoms with Gasteiger partial charge in [0.15, 0.2) is 0 Å². The van der Waals surface area contributed by atoms with Gasteiger partial charge in [-0.1, -0.05) is 136 Å². The van der Waals surface area contributed by atoms with E-state index in [0.29, 0.717) is 76.9 Å². The number of hydrogen-bond donors (Lipinski definition) is 14. The van der Waals surface area contributed by atoms with Crippen LogP contribution < -0.4 is 44.4 Å². The molecule has 0 aliphatic carbocycles. The highest BCUT2D eigenvalue weighted by molar-refractivity contribution is 9.10. The van der Waals surface area contributed by atoms with Gasteiger partial charge >= 0.3 is 50.1 Å². The Hall–Kier alpha value is -3.70. The molecule has 0 spiro atoms. The molecular formula is C85H168B6Br2N15O16P. The van der Waals surface area contributed by atoms with Crippen molar-refractivity contribution in [2.24, 2.45) is 0 Å². The lowest BCUT2D eigenvalue weighted by Crippen LogP contribution is -2.54. The van der Waals surface area contributed by atoms with E-state index in [1.54, 1.807) is 70.0 Å². The van der Waals surface area contributed by atoms with Crippen LogP contribution in [0.25, 0.3) is 0 Å². The highest BCUT2D eigenvalue weighted by Gasteiger charge is 2.28. The topological polar surface area (TPSA) is 349 Å². The summed E-state index contributed by atoms with van der Waals surface area (Å²) in [6.45, 7) is 73.6. The van der Waals surface area contributed by atoms with Gasteiger partial charge in [0.2, 0.25) is 0 Å². The molecule has 0 heterocycles.